The van der Waals surface area contributed by atoms with Crippen LogP contribution in [0.15, 0.2) is 108 Å². The second-order valence-corrected chi connectivity index (χ2v) is 12.7. The zero-order valence-electron chi connectivity index (χ0n) is 26.4. The number of rotatable bonds is 15. The molecule has 7 nitrogen and oxygen atoms in total. The van der Waals surface area contributed by atoms with Crippen LogP contribution >= 0.6 is 15.9 Å². The van der Waals surface area contributed by atoms with E-state index in [1.54, 1.807) is 12.1 Å². The number of nitrogens with one attached hydrogen (secondary N) is 1. The molecule has 1 saturated heterocycles. The van der Waals surface area contributed by atoms with Crippen LogP contribution in [0.5, 0.6) is 5.75 Å². The molecule has 47 heavy (non-hydrogen) atoms. The van der Waals surface area contributed by atoms with Crippen LogP contribution in [0.3, 0.4) is 0 Å². The van der Waals surface area contributed by atoms with E-state index in [4.69, 9.17) is 9.47 Å². The lowest BCUT2D eigenvalue weighted by Crippen LogP contribution is -2.46. The number of amides is 2. The van der Waals surface area contributed by atoms with E-state index in [-0.39, 0.29) is 19.4 Å². The topological polar surface area (TPSA) is 88.1 Å². The Kier molecular flexibility index (Phi) is 12.0. The fraction of sp³-hybridized carbons (Fsp3) is 0.316. The molecule has 0 bridgehead atoms. The van der Waals surface area contributed by atoms with Crippen molar-refractivity contribution in [2.24, 2.45) is 5.92 Å². The number of nitrogens with zero attached hydrogens (tertiary/aromatic N) is 1. The summed E-state index contributed by atoms with van der Waals surface area (Å²) in [4.78, 5) is 29.3. The summed E-state index contributed by atoms with van der Waals surface area (Å²) in [5.41, 5.74) is 3.05. The number of para-hydroxylation sites is 1. The number of ether oxygens (including phenoxy) is 2. The number of unbranched alkanes of at least 4 members (excludes halogenated alkanes) is 1. The van der Waals surface area contributed by atoms with Crippen molar-refractivity contribution >= 4 is 33.6 Å². The van der Waals surface area contributed by atoms with Crippen LogP contribution in [0.1, 0.15) is 61.4 Å². The molecule has 0 saturated carbocycles. The van der Waals surface area contributed by atoms with Gasteiger partial charge in [0, 0.05) is 15.7 Å². The van der Waals surface area contributed by atoms with E-state index < -0.39 is 41.9 Å². The van der Waals surface area contributed by atoms with E-state index in [0.717, 1.165) is 34.1 Å². The fourth-order valence-electron chi connectivity index (χ4n) is 5.89. The molecule has 2 amide bonds. The van der Waals surface area contributed by atoms with Crippen molar-refractivity contribution < 1.29 is 28.6 Å². The van der Waals surface area contributed by atoms with Gasteiger partial charge in [0.25, 0.3) is 0 Å². The normalized spacial score (nSPS) is 16.3. The lowest BCUT2D eigenvalue weighted by molar-refractivity contribution is -0.134. The summed E-state index contributed by atoms with van der Waals surface area (Å²) < 4.78 is 26.2. The van der Waals surface area contributed by atoms with Crippen LogP contribution in [0.25, 0.3) is 0 Å². The Hall–Kier alpha value is -4.21. The molecule has 4 atom stereocenters. The Labute approximate surface area is 283 Å². The SMILES string of the molecule is CCCCOc1cc(Br)ccc1[C@@H](Nc1ccccc1)[C@@H](CC[C@H](O)c1ccc(F)cc1)C(=O)N1C(=O)OC[C@@H]1Cc1ccccc1. The maximum absolute atomic E-state index is 14.8. The summed E-state index contributed by atoms with van der Waals surface area (Å²) in [5.74, 6) is -1.02. The van der Waals surface area contributed by atoms with E-state index in [9.17, 15) is 19.1 Å². The van der Waals surface area contributed by atoms with Crippen molar-refractivity contribution in [3.63, 3.8) is 0 Å². The first-order chi connectivity index (χ1) is 22.8. The van der Waals surface area contributed by atoms with Gasteiger partial charge in [-0.05, 0) is 73.2 Å². The standard InChI is InChI=1S/C38H40BrFN2O5/c1-2-3-22-46-35-24-28(39)16-19-32(35)36(41-30-12-8-5-9-13-30)33(20-21-34(43)27-14-17-29(40)18-15-27)37(44)42-31(25-47-38(42)45)23-26-10-6-4-7-11-26/h4-19,24,31,33-34,36,41,43H,2-3,20-23,25H2,1H3/t31-,33+,34-,36+/m0/s1. The highest BCUT2D eigenvalue weighted by molar-refractivity contribution is 9.10. The van der Waals surface area contributed by atoms with E-state index in [1.165, 1.54) is 17.0 Å². The molecule has 5 rings (SSSR count). The second-order valence-electron chi connectivity index (χ2n) is 11.8. The number of benzene rings is 4. The molecule has 0 unspecified atom stereocenters. The molecule has 4 aromatic carbocycles. The van der Waals surface area contributed by atoms with Crippen LogP contribution in [0.4, 0.5) is 14.9 Å². The lowest BCUT2D eigenvalue weighted by atomic mass is 9.85. The van der Waals surface area contributed by atoms with E-state index in [0.29, 0.717) is 24.3 Å². The van der Waals surface area contributed by atoms with E-state index in [2.05, 4.69) is 28.2 Å². The van der Waals surface area contributed by atoms with Crippen molar-refractivity contribution in [3.8, 4) is 5.75 Å². The van der Waals surface area contributed by atoms with E-state index in [1.807, 2.05) is 78.9 Å². The van der Waals surface area contributed by atoms with Crippen LogP contribution < -0.4 is 10.1 Å². The highest BCUT2D eigenvalue weighted by Gasteiger charge is 2.44. The van der Waals surface area contributed by atoms with Crippen LogP contribution in [0.2, 0.25) is 0 Å². The minimum atomic E-state index is -0.959. The van der Waals surface area contributed by atoms with Crippen molar-refractivity contribution in [1.29, 1.82) is 0 Å². The molecule has 0 spiro atoms. The molecule has 4 aromatic rings. The highest BCUT2D eigenvalue weighted by atomic mass is 79.9. The van der Waals surface area contributed by atoms with Crippen molar-refractivity contribution in [1.82, 2.24) is 4.90 Å². The molecule has 246 valence electrons. The summed E-state index contributed by atoms with van der Waals surface area (Å²) in [7, 11) is 0. The Balaban J connectivity index is 1.55. The first-order valence-electron chi connectivity index (χ1n) is 16.0. The third-order valence-corrected chi connectivity index (χ3v) is 8.89. The van der Waals surface area contributed by atoms with Crippen LogP contribution in [-0.4, -0.2) is 41.3 Å². The molecule has 2 N–H and O–H groups in total. The number of hydrogen-bond donors (Lipinski definition) is 2. The predicted octanol–water partition coefficient (Wildman–Crippen LogP) is 8.64. The van der Waals surface area contributed by atoms with Gasteiger partial charge in [-0.15, -0.1) is 0 Å². The van der Waals surface area contributed by atoms with Gasteiger partial charge in [-0.2, -0.15) is 0 Å². The van der Waals surface area contributed by atoms with Crippen molar-refractivity contribution in [2.45, 2.75) is 57.2 Å². The molecular formula is C38H40BrFN2O5. The monoisotopic (exact) mass is 702 g/mol. The number of hydrogen-bond acceptors (Lipinski definition) is 6. The maximum atomic E-state index is 14.8. The van der Waals surface area contributed by atoms with Gasteiger partial charge in [0.05, 0.1) is 30.7 Å². The number of anilines is 1. The number of carbonyl (C=O) groups excluding carboxylic acids is 2. The van der Waals surface area contributed by atoms with E-state index >= 15 is 0 Å². The van der Waals surface area contributed by atoms with Gasteiger partial charge >= 0.3 is 6.09 Å². The third-order valence-electron chi connectivity index (χ3n) is 8.40. The first kappa shape index (κ1) is 34.1. The summed E-state index contributed by atoms with van der Waals surface area (Å²) >= 11 is 3.57. The van der Waals surface area contributed by atoms with Gasteiger partial charge in [-0.25, -0.2) is 14.1 Å². The molecule has 1 heterocycles. The Morgan fingerprint density at radius 2 is 1.72 bits per heavy atom. The number of halogens is 2. The quantitative estimate of drug-likeness (QED) is 0.121. The Morgan fingerprint density at radius 1 is 1.02 bits per heavy atom. The maximum Gasteiger partial charge on any atom is 0.416 e. The predicted molar refractivity (Wildman–Crippen MR) is 184 cm³/mol. The van der Waals surface area contributed by atoms with Crippen LogP contribution in [-0.2, 0) is 16.0 Å². The molecule has 1 aliphatic heterocycles. The first-order valence-corrected chi connectivity index (χ1v) is 16.8. The number of cyclic esters (lactones) is 1. The second kappa shape index (κ2) is 16.6. The van der Waals surface area contributed by atoms with Gasteiger partial charge < -0.3 is 19.9 Å². The lowest BCUT2D eigenvalue weighted by Gasteiger charge is -2.33. The van der Waals surface area contributed by atoms with Gasteiger partial charge in [0.15, 0.2) is 0 Å². The summed E-state index contributed by atoms with van der Waals surface area (Å²) in [6.45, 7) is 2.68. The third kappa shape index (κ3) is 8.99. The van der Waals surface area contributed by atoms with Crippen LogP contribution in [0, 0.1) is 11.7 Å². The van der Waals surface area contributed by atoms with Gasteiger partial charge in [-0.1, -0.05) is 96.0 Å². The Morgan fingerprint density at radius 3 is 2.43 bits per heavy atom. The average Bonchev–Trinajstić information content (AvgIpc) is 3.44. The molecule has 0 radical (unpaired) electrons. The van der Waals surface area contributed by atoms with Gasteiger partial charge in [-0.3, -0.25) is 4.79 Å². The molecule has 0 aromatic heterocycles. The summed E-state index contributed by atoms with van der Waals surface area (Å²) in [5, 5.41) is 14.8. The number of aliphatic hydroxyl groups excluding tert-OH is 1. The van der Waals surface area contributed by atoms with Crippen molar-refractivity contribution in [3.05, 3.63) is 130 Å². The summed E-state index contributed by atoms with van der Waals surface area (Å²) in [6, 6.07) is 29.5. The zero-order chi connectivity index (χ0) is 33.2. The Bertz CT molecular complexity index is 1610. The average molecular weight is 704 g/mol. The number of aliphatic hydroxyl groups is 1. The minimum absolute atomic E-state index is 0.0881. The van der Waals surface area contributed by atoms with Crippen molar-refractivity contribution in [2.75, 3.05) is 18.5 Å². The molecule has 9 heteroatoms. The minimum Gasteiger partial charge on any atom is -0.493 e. The highest BCUT2D eigenvalue weighted by Crippen LogP contribution is 2.40. The number of carbonyl (C=O) groups is 2. The molecular weight excluding hydrogens is 663 g/mol. The number of imide groups is 1. The molecule has 1 fully saturated rings. The fourth-order valence-corrected chi connectivity index (χ4v) is 6.23. The molecule has 0 aliphatic carbocycles. The largest absolute Gasteiger partial charge is 0.493 e. The molecule has 1 aliphatic rings. The van der Waals surface area contributed by atoms with Gasteiger partial charge in [0.2, 0.25) is 5.91 Å². The van der Waals surface area contributed by atoms with Gasteiger partial charge in [0.1, 0.15) is 18.2 Å². The smallest absolute Gasteiger partial charge is 0.416 e. The summed E-state index contributed by atoms with van der Waals surface area (Å²) in [6.07, 6.45) is 1.00. The zero-order valence-corrected chi connectivity index (χ0v) is 27.9.